The SMILES string of the molecule is CC(C)NC(=O)c1cccc(NC(=O)/C=C/c2ccc([N+](=O)[O-])cc2)c1. The first-order valence-corrected chi connectivity index (χ1v) is 7.99. The van der Waals surface area contributed by atoms with Crippen LogP contribution in [0.15, 0.2) is 54.6 Å². The molecule has 0 fully saturated rings. The van der Waals surface area contributed by atoms with E-state index in [9.17, 15) is 19.7 Å². The van der Waals surface area contributed by atoms with E-state index in [0.717, 1.165) is 0 Å². The molecule has 2 amide bonds. The Kier molecular flexibility index (Phi) is 6.21. The maximum atomic E-state index is 12.0. The van der Waals surface area contributed by atoms with E-state index < -0.39 is 4.92 Å². The van der Waals surface area contributed by atoms with Crippen LogP contribution in [0.5, 0.6) is 0 Å². The number of anilines is 1. The molecule has 2 rings (SSSR count). The average molecular weight is 353 g/mol. The van der Waals surface area contributed by atoms with Crippen LogP contribution in [0.3, 0.4) is 0 Å². The van der Waals surface area contributed by atoms with Crippen LogP contribution in [0.25, 0.3) is 6.08 Å². The number of amides is 2. The summed E-state index contributed by atoms with van der Waals surface area (Å²) in [5.74, 6) is -0.581. The molecule has 0 aliphatic carbocycles. The lowest BCUT2D eigenvalue weighted by Gasteiger charge is -2.09. The summed E-state index contributed by atoms with van der Waals surface area (Å²) >= 11 is 0. The number of nitrogens with zero attached hydrogens (tertiary/aromatic N) is 1. The number of benzene rings is 2. The van der Waals surface area contributed by atoms with Gasteiger partial charge in [-0.15, -0.1) is 0 Å². The second-order valence-corrected chi connectivity index (χ2v) is 5.88. The molecule has 26 heavy (non-hydrogen) atoms. The van der Waals surface area contributed by atoms with E-state index in [4.69, 9.17) is 0 Å². The number of hydrogen-bond acceptors (Lipinski definition) is 4. The van der Waals surface area contributed by atoms with Gasteiger partial charge in [-0.2, -0.15) is 0 Å². The highest BCUT2D eigenvalue weighted by atomic mass is 16.6. The molecule has 0 radical (unpaired) electrons. The summed E-state index contributed by atoms with van der Waals surface area (Å²) in [6.07, 6.45) is 2.87. The molecule has 0 unspecified atom stereocenters. The van der Waals surface area contributed by atoms with Crippen molar-refractivity contribution < 1.29 is 14.5 Å². The number of carbonyl (C=O) groups is 2. The third-order valence-corrected chi connectivity index (χ3v) is 3.34. The van der Waals surface area contributed by atoms with E-state index in [1.165, 1.54) is 18.2 Å². The molecule has 0 atom stereocenters. The fourth-order valence-corrected chi connectivity index (χ4v) is 2.15. The van der Waals surface area contributed by atoms with Crippen LogP contribution in [-0.4, -0.2) is 22.8 Å². The monoisotopic (exact) mass is 353 g/mol. The first-order chi connectivity index (χ1) is 12.3. The van der Waals surface area contributed by atoms with E-state index in [1.807, 2.05) is 13.8 Å². The third kappa shape index (κ3) is 5.55. The van der Waals surface area contributed by atoms with Gasteiger partial charge in [0.1, 0.15) is 0 Å². The number of nitrogens with one attached hydrogen (secondary N) is 2. The zero-order valence-corrected chi connectivity index (χ0v) is 14.4. The van der Waals surface area contributed by atoms with Crippen LogP contribution < -0.4 is 10.6 Å². The van der Waals surface area contributed by atoms with Gasteiger partial charge in [-0.1, -0.05) is 6.07 Å². The number of carbonyl (C=O) groups excluding carboxylic acids is 2. The molecule has 7 heteroatoms. The number of non-ortho nitro benzene ring substituents is 1. The minimum Gasteiger partial charge on any atom is -0.350 e. The van der Waals surface area contributed by atoms with E-state index >= 15 is 0 Å². The zero-order valence-electron chi connectivity index (χ0n) is 14.4. The lowest BCUT2D eigenvalue weighted by atomic mass is 10.1. The van der Waals surface area contributed by atoms with E-state index in [1.54, 1.807) is 42.5 Å². The highest BCUT2D eigenvalue weighted by Gasteiger charge is 2.08. The predicted octanol–water partition coefficient (Wildman–Crippen LogP) is 3.38. The maximum Gasteiger partial charge on any atom is 0.269 e. The normalized spacial score (nSPS) is 10.7. The topological polar surface area (TPSA) is 101 Å². The van der Waals surface area contributed by atoms with Crippen molar-refractivity contribution in [1.82, 2.24) is 5.32 Å². The molecule has 0 bridgehead atoms. The maximum absolute atomic E-state index is 12.0. The average Bonchev–Trinajstić information content (AvgIpc) is 2.60. The van der Waals surface area contributed by atoms with Crippen LogP contribution in [0.1, 0.15) is 29.8 Å². The van der Waals surface area contributed by atoms with Crippen LogP contribution in [0, 0.1) is 10.1 Å². The Morgan fingerprint density at radius 1 is 1.12 bits per heavy atom. The fraction of sp³-hybridized carbons (Fsp3) is 0.158. The van der Waals surface area contributed by atoms with Crippen molar-refractivity contribution in [1.29, 1.82) is 0 Å². The van der Waals surface area contributed by atoms with Gasteiger partial charge in [0.05, 0.1) is 4.92 Å². The largest absolute Gasteiger partial charge is 0.350 e. The van der Waals surface area contributed by atoms with Crippen molar-refractivity contribution >= 4 is 29.3 Å². The van der Waals surface area contributed by atoms with Gasteiger partial charge < -0.3 is 10.6 Å². The molecule has 0 spiro atoms. The molecular formula is C19H19N3O4. The van der Waals surface area contributed by atoms with Crippen LogP contribution in [0.4, 0.5) is 11.4 Å². The number of rotatable bonds is 6. The van der Waals surface area contributed by atoms with E-state index in [-0.39, 0.29) is 23.5 Å². The Morgan fingerprint density at radius 3 is 2.42 bits per heavy atom. The minimum atomic E-state index is -0.484. The molecule has 0 aromatic heterocycles. The lowest BCUT2D eigenvalue weighted by molar-refractivity contribution is -0.384. The van der Waals surface area contributed by atoms with Crippen molar-refractivity contribution in [2.75, 3.05) is 5.32 Å². The smallest absolute Gasteiger partial charge is 0.269 e. The van der Waals surface area contributed by atoms with Crippen LogP contribution in [0.2, 0.25) is 0 Å². The zero-order chi connectivity index (χ0) is 19.1. The van der Waals surface area contributed by atoms with Crippen molar-refractivity contribution in [2.45, 2.75) is 19.9 Å². The fourth-order valence-electron chi connectivity index (χ4n) is 2.15. The number of nitro benzene ring substituents is 1. The second-order valence-electron chi connectivity index (χ2n) is 5.88. The Hall–Kier alpha value is -3.48. The summed E-state index contributed by atoms with van der Waals surface area (Å²) in [6.45, 7) is 3.74. The molecule has 0 aliphatic rings. The predicted molar refractivity (Wildman–Crippen MR) is 99.8 cm³/mol. The summed E-state index contributed by atoms with van der Waals surface area (Å²) in [7, 11) is 0. The summed E-state index contributed by atoms with van der Waals surface area (Å²) in [6, 6.07) is 12.5. The van der Waals surface area contributed by atoms with Gasteiger partial charge in [-0.25, -0.2) is 0 Å². The van der Waals surface area contributed by atoms with Crippen LogP contribution >= 0.6 is 0 Å². The Balaban J connectivity index is 2.01. The van der Waals surface area contributed by atoms with Crippen LogP contribution in [-0.2, 0) is 4.79 Å². The van der Waals surface area contributed by atoms with E-state index in [2.05, 4.69) is 10.6 Å². The van der Waals surface area contributed by atoms with Crippen molar-refractivity contribution in [3.63, 3.8) is 0 Å². The number of hydrogen-bond donors (Lipinski definition) is 2. The standard InChI is InChI=1S/C19H19N3O4/c1-13(2)20-19(24)15-4-3-5-16(12-15)21-18(23)11-8-14-6-9-17(10-7-14)22(25)26/h3-13H,1-2H3,(H,20,24)(H,21,23)/b11-8+. The quantitative estimate of drug-likeness (QED) is 0.472. The minimum absolute atomic E-state index is 0.0110. The molecule has 2 aromatic rings. The molecule has 2 aromatic carbocycles. The second kappa shape index (κ2) is 8.57. The Morgan fingerprint density at radius 2 is 1.81 bits per heavy atom. The van der Waals surface area contributed by atoms with Crippen molar-refractivity contribution in [3.8, 4) is 0 Å². The molecule has 0 aliphatic heterocycles. The molecule has 134 valence electrons. The summed E-state index contributed by atoms with van der Waals surface area (Å²) in [4.78, 5) is 34.1. The Labute approximate surface area is 150 Å². The summed E-state index contributed by atoms with van der Waals surface area (Å²) in [5, 5.41) is 16.1. The third-order valence-electron chi connectivity index (χ3n) is 3.34. The van der Waals surface area contributed by atoms with Crippen molar-refractivity contribution in [2.24, 2.45) is 0 Å². The van der Waals surface area contributed by atoms with Gasteiger partial charge in [0.15, 0.2) is 0 Å². The first-order valence-electron chi connectivity index (χ1n) is 7.99. The van der Waals surface area contributed by atoms with Gasteiger partial charge in [-0.3, -0.25) is 19.7 Å². The first kappa shape index (κ1) is 18.9. The molecular weight excluding hydrogens is 334 g/mol. The summed E-state index contributed by atoms with van der Waals surface area (Å²) in [5.41, 5.74) is 1.61. The number of nitro groups is 1. The summed E-state index contributed by atoms with van der Waals surface area (Å²) < 4.78 is 0. The molecule has 0 heterocycles. The highest BCUT2D eigenvalue weighted by molar-refractivity contribution is 6.03. The van der Waals surface area contributed by atoms with Gasteiger partial charge >= 0.3 is 0 Å². The van der Waals surface area contributed by atoms with Gasteiger partial charge in [-0.05, 0) is 55.8 Å². The highest BCUT2D eigenvalue weighted by Crippen LogP contribution is 2.14. The van der Waals surface area contributed by atoms with Gasteiger partial charge in [0, 0.05) is 35.5 Å². The molecule has 0 saturated heterocycles. The van der Waals surface area contributed by atoms with Gasteiger partial charge in [0.25, 0.3) is 11.6 Å². The molecule has 0 saturated carbocycles. The van der Waals surface area contributed by atoms with Crippen molar-refractivity contribution in [3.05, 3.63) is 75.8 Å². The van der Waals surface area contributed by atoms with Gasteiger partial charge in [0.2, 0.25) is 5.91 Å². The Bertz CT molecular complexity index is 842. The van der Waals surface area contributed by atoms with E-state index in [0.29, 0.717) is 16.8 Å². The molecule has 7 nitrogen and oxygen atoms in total. The lowest BCUT2D eigenvalue weighted by Crippen LogP contribution is -2.30. The molecule has 2 N–H and O–H groups in total.